The lowest BCUT2D eigenvalue weighted by Crippen LogP contribution is -2.42. The number of piperazine rings is 1. The number of nitrogens with zero attached hydrogens (tertiary/aromatic N) is 4. The van der Waals surface area contributed by atoms with Gasteiger partial charge in [0.15, 0.2) is 0 Å². The third-order valence-corrected chi connectivity index (χ3v) is 8.87. The molecule has 8 heterocycles. The molecule has 0 atom stereocenters. The molecular formula is C67H155N7OS. The van der Waals surface area contributed by atoms with Crippen LogP contribution in [0.25, 0.3) is 0 Å². The summed E-state index contributed by atoms with van der Waals surface area (Å²) >= 11 is 1.71. The predicted octanol–water partition coefficient (Wildman–Crippen LogP) is 21.1. The molecule has 2 aromatic rings. The molecule has 0 bridgehead atoms. The molecule has 5 saturated heterocycles. The Balaban J connectivity index is -0.0000000454. The molecule has 0 saturated carbocycles. The van der Waals surface area contributed by atoms with Crippen molar-refractivity contribution < 1.29 is 4.74 Å². The molecule has 76 heavy (non-hydrogen) atoms. The van der Waals surface area contributed by atoms with E-state index in [2.05, 4.69) is 68.9 Å². The van der Waals surface area contributed by atoms with Crippen molar-refractivity contribution in [1.29, 1.82) is 0 Å². The standard InChI is InChI=1S/C6H14N2.C6H13N.C5H11N.C5H7N.C5H5N.C5H10O.C4H9N.C4H4S.13C2H6.CH4/c1-7-3-5-8(2)6-4-7;1-7-5-3-2-4-6-7;4*1-2-4-6-5-3-1;2*1-2-4-5-3-1;13*1-2;/h3-6H2,1-2H3;2-6H2,1H3;6H,1-5H2;2-6H,1H2;1-5H;1-5H2;5H,1-4H2;1-4H;13*1-2H3;1H4. The number of allylic oxidation sites excluding steroid dienone is 2. The molecular weight excluding hydrogens is 951 g/mol. The lowest BCUT2D eigenvalue weighted by atomic mass is 10.1. The lowest BCUT2D eigenvalue weighted by molar-refractivity contribution is 0.0968. The van der Waals surface area contributed by atoms with Gasteiger partial charge in [-0.1, -0.05) is 231 Å². The first kappa shape index (κ1) is 109. The highest BCUT2D eigenvalue weighted by atomic mass is 32.1. The van der Waals surface area contributed by atoms with Gasteiger partial charge in [0.2, 0.25) is 0 Å². The number of hydrogen-bond acceptors (Lipinski definition) is 9. The van der Waals surface area contributed by atoms with Crippen LogP contribution < -0.4 is 16.0 Å². The number of hydrogen-bond donors (Lipinski definition) is 3. The van der Waals surface area contributed by atoms with Crippen LogP contribution in [0.1, 0.15) is 264 Å². The Labute approximate surface area is 491 Å². The summed E-state index contributed by atoms with van der Waals surface area (Å²) in [7, 11) is 6.54. The van der Waals surface area contributed by atoms with Gasteiger partial charge >= 0.3 is 0 Å². The van der Waals surface area contributed by atoms with Crippen molar-refractivity contribution in [3.8, 4) is 0 Å². The van der Waals surface area contributed by atoms with Crippen LogP contribution in [0.4, 0.5) is 0 Å². The van der Waals surface area contributed by atoms with Gasteiger partial charge in [0, 0.05) is 51.8 Å². The number of thiophene rings is 1. The second-order valence-corrected chi connectivity index (χ2v) is 13.8. The van der Waals surface area contributed by atoms with Gasteiger partial charge in [0.1, 0.15) is 0 Å². The molecule has 6 aliphatic heterocycles. The van der Waals surface area contributed by atoms with E-state index in [1.165, 1.54) is 136 Å². The fourth-order valence-electron chi connectivity index (χ4n) is 5.02. The van der Waals surface area contributed by atoms with Crippen molar-refractivity contribution in [2.45, 2.75) is 264 Å². The average molecular weight is 1110 g/mol. The first-order valence-corrected chi connectivity index (χ1v) is 33.1. The molecule has 6 aliphatic rings. The summed E-state index contributed by atoms with van der Waals surface area (Å²) in [5, 5.41) is 13.5. The van der Waals surface area contributed by atoms with Crippen LogP contribution >= 0.6 is 11.3 Å². The van der Waals surface area contributed by atoms with Crippen molar-refractivity contribution in [2.24, 2.45) is 0 Å². The average Bonchev–Trinajstić information content (AvgIpc) is 4.38. The molecule has 470 valence electrons. The number of likely N-dealkylation sites (tertiary alicyclic amines) is 1. The maximum atomic E-state index is 5.07. The molecule has 0 spiro atoms. The third kappa shape index (κ3) is 145. The maximum absolute atomic E-state index is 5.07. The second kappa shape index (κ2) is 151. The van der Waals surface area contributed by atoms with Crippen LogP contribution in [0, 0.1) is 0 Å². The van der Waals surface area contributed by atoms with Crippen LogP contribution in [-0.4, -0.2) is 119 Å². The molecule has 2 aromatic heterocycles. The summed E-state index contributed by atoms with van der Waals surface area (Å²) < 4.78 is 5.07. The minimum absolute atomic E-state index is 0. The van der Waals surface area contributed by atoms with E-state index < -0.39 is 0 Å². The van der Waals surface area contributed by atoms with Crippen LogP contribution in [-0.2, 0) is 4.74 Å². The zero-order valence-electron chi connectivity index (χ0n) is 57.6. The summed E-state index contributed by atoms with van der Waals surface area (Å²) in [6, 6.07) is 9.75. The van der Waals surface area contributed by atoms with Crippen molar-refractivity contribution in [3.63, 3.8) is 0 Å². The van der Waals surface area contributed by atoms with Gasteiger partial charge in [-0.25, -0.2) is 0 Å². The van der Waals surface area contributed by atoms with Gasteiger partial charge in [0.25, 0.3) is 0 Å². The summed E-state index contributed by atoms with van der Waals surface area (Å²) in [5.74, 6) is 0. The molecule has 9 heteroatoms. The predicted molar refractivity (Wildman–Crippen MR) is 369 cm³/mol. The zero-order valence-corrected chi connectivity index (χ0v) is 58.4. The fraction of sp³-hybridized carbons (Fsp3) is 0.806. The third-order valence-electron chi connectivity index (χ3n) is 8.24. The minimum Gasteiger partial charge on any atom is -0.381 e. The molecule has 0 aromatic carbocycles. The highest BCUT2D eigenvalue weighted by Gasteiger charge is 2.08. The minimum atomic E-state index is 0. The molecule has 5 fully saturated rings. The summed E-state index contributed by atoms with van der Waals surface area (Å²) in [6.07, 6.45) is 27.8. The molecule has 8 rings (SSSR count). The van der Waals surface area contributed by atoms with Crippen LogP contribution in [0.5, 0.6) is 0 Å². The van der Waals surface area contributed by atoms with Crippen molar-refractivity contribution in [2.75, 3.05) is 99.8 Å². The van der Waals surface area contributed by atoms with Gasteiger partial charge in [-0.05, 0) is 160 Å². The Morgan fingerprint density at radius 1 is 0.355 bits per heavy atom. The SMILES string of the molecule is C.C1=CNC=CC1.C1CCNC1.C1CCNCC1.C1CCOCC1.CC.CC.CC.CC.CC.CC.CC.CC.CC.CC.CC.CC.CC.CN1CCCCC1.CN1CCN(C)CC1.c1ccncc1.c1ccsc1. The largest absolute Gasteiger partial charge is 0.381 e. The van der Waals surface area contributed by atoms with E-state index >= 15 is 0 Å². The van der Waals surface area contributed by atoms with E-state index in [9.17, 15) is 0 Å². The summed E-state index contributed by atoms with van der Waals surface area (Å²) in [6.45, 7) is 66.6. The monoisotopic (exact) mass is 1110 g/mol. The van der Waals surface area contributed by atoms with Crippen molar-refractivity contribution in [1.82, 2.24) is 35.6 Å². The topological polar surface area (TPSA) is 67.9 Å². The van der Waals surface area contributed by atoms with Gasteiger partial charge in [0.05, 0.1) is 0 Å². The van der Waals surface area contributed by atoms with E-state index in [4.69, 9.17) is 4.74 Å². The molecule has 0 radical (unpaired) electrons. The molecule has 3 N–H and O–H groups in total. The van der Waals surface area contributed by atoms with E-state index in [1.54, 1.807) is 23.7 Å². The Morgan fingerprint density at radius 2 is 0.645 bits per heavy atom. The van der Waals surface area contributed by atoms with Crippen LogP contribution in [0.15, 0.2) is 78.0 Å². The Kier molecular flexibility index (Phi) is 218. The van der Waals surface area contributed by atoms with Crippen molar-refractivity contribution in [3.05, 3.63) is 78.0 Å². The van der Waals surface area contributed by atoms with E-state index in [0.29, 0.717) is 0 Å². The Bertz CT molecular complexity index is 796. The number of rotatable bonds is 0. The number of aromatic nitrogens is 1. The lowest BCUT2D eigenvalue weighted by Gasteiger charge is -2.28. The van der Waals surface area contributed by atoms with E-state index in [0.717, 1.165) is 19.6 Å². The Hall–Kier alpha value is -2.11. The number of piperidine rings is 2. The summed E-state index contributed by atoms with van der Waals surface area (Å²) in [5.41, 5.74) is 0. The van der Waals surface area contributed by atoms with Crippen LogP contribution in [0.3, 0.4) is 0 Å². The van der Waals surface area contributed by atoms with Gasteiger partial charge in [-0.3, -0.25) is 4.98 Å². The van der Waals surface area contributed by atoms with Crippen LogP contribution in [0.2, 0.25) is 0 Å². The first-order chi connectivity index (χ1) is 37.2. The van der Waals surface area contributed by atoms with Gasteiger partial charge < -0.3 is 35.4 Å². The first-order valence-electron chi connectivity index (χ1n) is 32.1. The van der Waals surface area contributed by atoms with Gasteiger partial charge in [-0.2, -0.15) is 11.3 Å². The smallest absolute Gasteiger partial charge is 0.0466 e. The second-order valence-electron chi connectivity index (χ2n) is 12.9. The fourth-order valence-corrected chi connectivity index (χ4v) is 5.47. The number of ether oxygens (including phenoxy) is 1. The normalized spacial score (nSPS) is 14.0. The molecule has 0 amide bonds. The number of nitrogens with one attached hydrogen (secondary N) is 3. The maximum Gasteiger partial charge on any atom is 0.0466 e. The van der Waals surface area contributed by atoms with Crippen molar-refractivity contribution >= 4 is 11.3 Å². The zero-order chi connectivity index (χ0) is 61.1. The van der Waals surface area contributed by atoms with E-state index in [-0.39, 0.29) is 7.43 Å². The van der Waals surface area contributed by atoms with Gasteiger partial charge in [-0.15, -0.1) is 0 Å². The number of pyridine rings is 1. The molecule has 8 nitrogen and oxygen atoms in total. The number of likely N-dealkylation sites (N-methyl/N-ethyl adjacent to an activating group) is 2. The highest BCUT2D eigenvalue weighted by molar-refractivity contribution is 7.07. The molecule has 0 unspecified atom stereocenters. The highest BCUT2D eigenvalue weighted by Crippen LogP contribution is 2.05. The quantitative estimate of drug-likeness (QED) is 0.241. The molecule has 0 aliphatic carbocycles. The Morgan fingerprint density at radius 3 is 0.776 bits per heavy atom. The number of dihydropyridines is 1. The summed E-state index contributed by atoms with van der Waals surface area (Å²) in [4.78, 5) is 10.9. The van der Waals surface area contributed by atoms with E-state index in [1.807, 2.05) is 234 Å².